The number of aryl methyl sites for hydroxylation is 1. The van der Waals surface area contributed by atoms with Gasteiger partial charge in [-0.3, -0.25) is 4.79 Å². The first kappa shape index (κ1) is 25.4. The van der Waals surface area contributed by atoms with Gasteiger partial charge in [-0.1, -0.05) is 39.0 Å². The molecule has 7 heteroatoms. The van der Waals surface area contributed by atoms with Crippen LogP contribution in [-0.2, 0) is 5.41 Å². The van der Waals surface area contributed by atoms with Crippen molar-refractivity contribution in [1.29, 1.82) is 0 Å². The van der Waals surface area contributed by atoms with E-state index in [1.165, 1.54) is 25.3 Å². The smallest absolute Gasteiger partial charge is 0.195 e. The molecule has 3 N–H and O–H groups in total. The summed E-state index contributed by atoms with van der Waals surface area (Å²) in [5.74, 6) is 0.425. The lowest BCUT2D eigenvalue weighted by molar-refractivity contribution is 0.0952. The minimum Gasteiger partial charge on any atom is -0.493 e. The van der Waals surface area contributed by atoms with Gasteiger partial charge < -0.3 is 24.7 Å². The van der Waals surface area contributed by atoms with Crippen LogP contribution in [0.5, 0.6) is 17.2 Å². The fourth-order valence-corrected chi connectivity index (χ4v) is 4.29. The quantitative estimate of drug-likeness (QED) is 0.319. The molecule has 0 radical (unpaired) electrons. The molecule has 0 spiro atoms. The van der Waals surface area contributed by atoms with E-state index in [1.54, 1.807) is 24.3 Å². The molecular formula is C29H30FNO5. The van der Waals surface area contributed by atoms with E-state index in [2.05, 4.69) is 25.8 Å². The van der Waals surface area contributed by atoms with Gasteiger partial charge in [0.15, 0.2) is 16.9 Å². The molecule has 1 atom stereocenters. The Labute approximate surface area is 209 Å². The standard InChI is InChI=1S/C29H30FNO5/c1-16-12-17(29(2,3)4)13-24(36-22-11-10-18(30)14-23(22)35-5)25(16)27-26(21(33)15-32)28(34)19-8-6-7-9-20(19)31-27/h6-14,21,32-33H,15H2,1-5H3,(H,31,34)/t21-/m1/s1. The maximum absolute atomic E-state index is 13.8. The van der Waals surface area contributed by atoms with Crippen LogP contribution in [0.4, 0.5) is 4.39 Å². The van der Waals surface area contributed by atoms with E-state index >= 15 is 0 Å². The van der Waals surface area contributed by atoms with E-state index < -0.39 is 18.5 Å². The summed E-state index contributed by atoms with van der Waals surface area (Å²) in [7, 11) is 1.43. The zero-order valence-electron chi connectivity index (χ0n) is 21.0. The number of aliphatic hydroxyl groups excluding tert-OH is 2. The Morgan fingerprint density at radius 3 is 2.42 bits per heavy atom. The van der Waals surface area contributed by atoms with Gasteiger partial charge in [0.05, 0.1) is 25.0 Å². The Hall–Kier alpha value is -3.68. The first-order valence-electron chi connectivity index (χ1n) is 11.7. The molecule has 36 heavy (non-hydrogen) atoms. The Morgan fingerprint density at radius 2 is 1.75 bits per heavy atom. The molecule has 4 aromatic rings. The van der Waals surface area contributed by atoms with Crippen LogP contribution >= 0.6 is 0 Å². The molecule has 0 saturated heterocycles. The summed E-state index contributed by atoms with van der Waals surface area (Å²) < 4.78 is 25.5. The molecule has 1 aromatic heterocycles. The lowest BCUT2D eigenvalue weighted by atomic mass is 9.84. The molecule has 0 fully saturated rings. The number of rotatable bonds is 6. The predicted molar refractivity (Wildman–Crippen MR) is 139 cm³/mol. The number of fused-ring (bicyclic) bond motifs is 1. The highest BCUT2D eigenvalue weighted by atomic mass is 19.1. The van der Waals surface area contributed by atoms with Gasteiger partial charge in [0.25, 0.3) is 0 Å². The molecule has 6 nitrogen and oxygen atoms in total. The van der Waals surface area contributed by atoms with Gasteiger partial charge in [-0.05, 0) is 53.8 Å². The number of methoxy groups -OCH3 is 1. The highest BCUT2D eigenvalue weighted by molar-refractivity contribution is 5.86. The van der Waals surface area contributed by atoms with Crippen molar-refractivity contribution in [3.8, 4) is 28.5 Å². The minimum atomic E-state index is -1.41. The second kappa shape index (κ2) is 9.76. The molecule has 4 rings (SSSR count). The van der Waals surface area contributed by atoms with Crippen LogP contribution in [0.15, 0.2) is 59.4 Å². The lowest BCUT2D eigenvalue weighted by Gasteiger charge is -2.25. The summed E-state index contributed by atoms with van der Waals surface area (Å²) >= 11 is 0. The van der Waals surface area contributed by atoms with Crippen molar-refractivity contribution in [2.24, 2.45) is 0 Å². The van der Waals surface area contributed by atoms with E-state index in [9.17, 15) is 19.4 Å². The second-order valence-electron chi connectivity index (χ2n) is 9.80. The van der Waals surface area contributed by atoms with Gasteiger partial charge in [-0.15, -0.1) is 0 Å². The number of nitrogens with one attached hydrogen (secondary N) is 1. The molecule has 0 unspecified atom stereocenters. The fourth-order valence-electron chi connectivity index (χ4n) is 4.29. The first-order valence-corrected chi connectivity index (χ1v) is 11.7. The van der Waals surface area contributed by atoms with Gasteiger partial charge in [0.1, 0.15) is 17.7 Å². The summed E-state index contributed by atoms with van der Waals surface area (Å²) in [6, 6.07) is 14.8. The predicted octanol–water partition coefficient (Wildman–Crippen LogP) is 5.77. The number of aliphatic hydroxyl groups is 2. The van der Waals surface area contributed by atoms with Crippen molar-refractivity contribution in [3.63, 3.8) is 0 Å². The summed E-state index contributed by atoms with van der Waals surface area (Å²) in [5, 5.41) is 20.9. The Balaban J connectivity index is 2.07. The van der Waals surface area contributed by atoms with Gasteiger partial charge in [0, 0.05) is 22.5 Å². The van der Waals surface area contributed by atoms with E-state index in [1.807, 2.05) is 19.1 Å². The number of aromatic amines is 1. The molecule has 0 aliphatic rings. The molecule has 0 saturated carbocycles. The summed E-state index contributed by atoms with van der Waals surface area (Å²) in [6.45, 7) is 7.48. The molecule has 1 heterocycles. The van der Waals surface area contributed by atoms with Gasteiger partial charge in [0.2, 0.25) is 0 Å². The van der Waals surface area contributed by atoms with Gasteiger partial charge in [-0.25, -0.2) is 4.39 Å². The van der Waals surface area contributed by atoms with Crippen LogP contribution in [0.2, 0.25) is 0 Å². The fraction of sp³-hybridized carbons (Fsp3) is 0.276. The van der Waals surface area contributed by atoms with Crippen molar-refractivity contribution in [3.05, 3.63) is 87.3 Å². The number of pyridine rings is 1. The van der Waals surface area contributed by atoms with E-state index in [4.69, 9.17) is 9.47 Å². The average Bonchev–Trinajstić information content (AvgIpc) is 2.84. The average molecular weight is 492 g/mol. The Morgan fingerprint density at radius 1 is 1.03 bits per heavy atom. The molecule has 0 bridgehead atoms. The molecular weight excluding hydrogens is 461 g/mol. The third-order valence-corrected chi connectivity index (χ3v) is 6.21. The largest absolute Gasteiger partial charge is 0.493 e. The summed E-state index contributed by atoms with van der Waals surface area (Å²) in [4.78, 5) is 16.8. The minimum absolute atomic E-state index is 0.0405. The highest BCUT2D eigenvalue weighted by Crippen LogP contribution is 2.43. The molecule has 0 aliphatic carbocycles. The zero-order valence-corrected chi connectivity index (χ0v) is 21.0. The number of aromatic nitrogens is 1. The monoisotopic (exact) mass is 491 g/mol. The maximum Gasteiger partial charge on any atom is 0.195 e. The number of benzene rings is 3. The van der Waals surface area contributed by atoms with Crippen molar-refractivity contribution in [2.45, 2.75) is 39.2 Å². The van der Waals surface area contributed by atoms with Crippen LogP contribution in [0.1, 0.15) is 43.6 Å². The molecule has 0 amide bonds. The number of hydrogen-bond acceptors (Lipinski definition) is 5. The Kier molecular flexibility index (Phi) is 6.89. The van der Waals surface area contributed by atoms with Crippen molar-refractivity contribution >= 4 is 10.9 Å². The maximum atomic E-state index is 13.8. The third-order valence-electron chi connectivity index (χ3n) is 6.21. The van der Waals surface area contributed by atoms with Gasteiger partial charge >= 0.3 is 0 Å². The summed E-state index contributed by atoms with van der Waals surface area (Å²) in [5.41, 5.74) is 2.66. The SMILES string of the molecule is COc1cc(F)ccc1Oc1cc(C(C)(C)C)cc(C)c1-c1[nH]c2ccccc2c(=O)c1[C@H](O)CO. The Bertz CT molecular complexity index is 1490. The topological polar surface area (TPSA) is 91.8 Å². The van der Waals surface area contributed by atoms with E-state index in [-0.39, 0.29) is 27.9 Å². The van der Waals surface area contributed by atoms with E-state index in [0.717, 1.165) is 11.1 Å². The second-order valence-corrected chi connectivity index (χ2v) is 9.80. The first-order chi connectivity index (χ1) is 17.0. The number of halogens is 1. The zero-order chi connectivity index (χ0) is 26.2. The number of H-pyrrole nitrogens is 1. The lowest BCUT2D eigenvalue weighted by Crippen LogP contribution is -2.20. The normalized spacial score (nSPS) is 12.6. The van der Waals surface area contributed by atoms with Crippen LogP contribution < -0.4 is 14.9 Å². The molecule has 3 aromatic carbocycles. The van der Waals surface area contributed by atoms with Crippen LogP contribution in [0.3, 0.4) is 0 Å². The number of hydrogen-bond donors (Lipinski definition) is 3. The van der Waals surface area contributed by atoms with Crippen LogP contribution in [0.25, 0.3) is 22.2 Å². The number of para-hydroxylation sites is 1. The van der Waals surface area contributed by atoms with Crippen molar-refractivity contribution < 1.29 is 24.1 Å². The van der Waals surface area contributed by atoms with Crippen LogP contribution in [0, 0.1) is 12.7 Å². The van der Waals surface area contributed by atoms with Crippen LogP contribution in [-0.4, -0.2) is 28.9 Å². The van der Waals surface area contributed by atoms with Crippen molar-refractivity contribution in [2.75, 3.05) is 13.7 Å². The molecule has 188 valence electrons. The number of ether oxygens (including phenoxy) is 2. The molecule has 0 aliphatic heterocycles. The summed E-state index contributed by atoms with van der Waals surface area (Å²) in [6.07, 6.45) is -1.41. The van der Waals surface area contributed by atoms with Crippen molar-refractivity contribution in [1.82, 2.24) is 4.98 Å². The highest BCUT2D eigenvalue weighted by Gasteiger charge is 2.26. The third kappa shape index (κ3) is 4.72. The van der Waals surface area contributed by atoms with Gasteiger partial charge in [-0.2, -0.15) is 0 Å². The van der Waals surface area contributed by atoms with E-state index in [0.29, 0.717) is 27.9 Å².